The SMILES string of the molecule is O=C(OCCOP(=O)(O)O)OCc1cc2ccccc2oc1=O. The lowest BCUT2D eigenvalue weighted by molar-refractivity contribution is 0.0372. The largest absolute Gasteiger partial charge is 0.508 e. The molecule has 0 aliphatic rings. The van der Waals surface area contributed by atoms with Crippen LogP contribution < -0.4 is 5.63 Å². The zero-order chi connectivity index (χ0) is 16.9. The summed E-state index contributed by atoms with van der Waals surface area (Å²) in [5.41, 5.74) is -0.0909. The number of phosphoric acid groups is 1. The molecule has 23 heavy (non-hydrogen) atoms. The van der Waals surface area contributed by atoms with Crippen molar-refractivity contribution in [3.63, 3.8) is 0 Å². The minimum atomic E-state index is -4.60. The molecule has 1 aromatic carbocycles. The van der Waals surface area contributed by atoms with E-state index in [1.54, 1.807) is 24.3 Å². The molecule has 0 bridgehead atoms. The van der Waals surface area contributed by atoms with Crippen LogP contribution in [0.25, 0.3) is 11.0 Å². The number of carbonyl (C=O) groups excluding carboxylic acids is 1. The number of hydrogen-bond donors (Lipinski definition) is 2. The van der Waals surface area contributed by atoms with Crippen LogP contribution in [0.4, 0.5) is 4.79 Å². The van der Waals surface area contributed by atoms with Gasteiger partial charge in [-0.25, -0.2) is 14.2 Å². The molecule has 1 aromatic heterocycles. The second-order valence-corrected chi connectivity index (χ2v) is 5.55. The van der Waals surface area contributed by atoms with Gasteiger partial charge in [0.05, 0.1) is 12.2 Å². The molecule has 0 unspecified atom stereocenters. The zero-order valence-corrected chi connectivity index (χ0v) is 12.6. The van der Waals surface area contributed by atoms with Gasteiger partial charge in [0.2, 0.25) is 0 Å². The molecule has 0 aliphatic heterocycles. The molecule has 1 heterocycles. The Morgan fingerprint density at radius 1 is 1.17 bits per heavy atom. The quantitative estimate of drug-likeness (QED) is 0.346. The third-order valence-electron chi connectivity index (χ3n) is 2.62. The van der Waals surface area contributed by atoms with E-state index in [9.17, 15) is 14.2 Å². The van der Waals surface area contributed by atoms with Gasteiger partial charge >= 0.3 is 19.6 Å². The van der Waals surface area contributed by atoms with Gasteiger partial charge in [-0.1, -0.05) is 18.2 Å². The summed E-state index contributed by atoms with van der Waals surface area (Å²) in [6.45, 7) is -1.25. The van der Waals surface area contributed by atoms with E-state index in [0.717, 1.165) is 0 Å². The monoisotopic (exact) mass is 344 g/mol. The summed E-state index contributed by atoms with van der Waals surface area (Å²) in [7, 11) is -4.60. The highest BCUT2D eigenvalue weighted by Crippen LogP contribution is 2.35. The van der Waals surface area contributed by atoms with Crippen molar-refractivity contribution in [1.82, 2.24) is 0 Å². The van der Waals surface area contributed by atoms with E-state index in [-0.39, 0.29) is 12.2 Å². The normalized spacial score (nSPS) is 11.4. The Hall–Kier alpha value is -2.19. The topological polar surface area (TPSA) is 132 Å². The van der Waals surface area contributed by atoms with E-state index < -0.39 is 32.8 Å². The molecule has 124 valence electrons. The van der Waals surface area contributed by atoms with Gasteiger partial charge in [-0.15, -0.1) is 0 Å². The van der Waals surface area contributed by atoms with Gasteiger partial charge < -0.3 is 23.7 Å². The Balaban J connectivity index is 1.86. The number of para-hydroxylation sites is 1. The van der Waals surface area contributed by atoms with Crippen molar-refractivity contribution in [1.29, 1.82) is 0 Å². The summed E-state index contributed by atoms with van der Waals surface area (Å²) in [6.07, 6.45) is -1.10. The van der Waals surface area contributed by atoms with Crippen LogP contribution in [0.1, 0.15) is 5.56 Å². The molecule has 0 radical (unpaired) electrons. The Morgan fingerprint density at radius 2 is 1.91 bits per heavy atom. The maximum absolute atomic E-state index is 11.7. The minimum absolute atomic E-state index is 0.132. The number of rotatable bonds is 6. The van der Waals surface area contributed by atoms with E-state index >= 15 is 0 Å². The van der Waals surface area contributed by atoms with E-state index in [4.69, 9.17) is 18.9 Å². The lowest BCUT2D eigenvalue weighted by atomic mass is 10.2. The number of carbonyl (C=O) groups is 1. The van der Waals surface area contributed by atoms with Crippen LogP contribution >= 0.6 is 7.82 Å². The molecular weight excluding hydrogens is 331 g/mol. The van der Waals surface area contributed by atoms with Gasteiger partial charge in [-0.2, -0.15) is 0 Å². The molecule has 0 saturated carbocycles. The highest BCUT2D eigenvalue weighted by Gasteiger charge is 2.14. The van der Waals surface area contributed by atoms with Crippen molar-refractivity contribution < 1.29 is 37.6 Å². The molecule has 2 rings (SSSR count). The van der Waals surface area contributed by atoms with E-state index in [0.29, 0.717) is 11.0 Å². The molecular formula is C13H13O9P. The number of phosphoric ester groups is 1. The molecule has 2 aromatic rings. The Kier molecular flexibility index (Phi) is 5.51. The van der Waals surface area contributed by atoms with Gasteiger partial charge in [-0.05, 0) is 12.1 Å². The van der Waals surface area contributed by atoms with Crippen LogP contribution in [-0.4, -0.2) is 29.2 Å². The molecule has 0 fully saturated rings. The molecule has 9 nitrogen and oxygen atoms in total. The summed E-state index contributed by atoms with van der Waals surface area (Å²) >= 11 is 0. The van der Waals surface area contributed by atoms with Crippen molar-refractivity contribution in [2.45, 2.75) is 6.61 Å². The third kappa shape index (κ3) is 5.50. The summed E-state index contributed by atoms with van der Waals surface area (Å²) in [4.78, 5) is 39.8. The highest BCUT2D eigenvalue weighted by atomic mass is 31.2. The second-order valence-electron chi connectivity index (χ2n) is 4.31. The van der Waals surface area contributed by atoms with Crippen LogP contribution in [0.3, 0.4) is 0 Å². The lowest BCUT2D eigenvalue weighted by Crippen LogP contribution is -2.15. The average molecular weight is 344 g/mol. The summed E-state index contributed by atoms with van der Waals surface area (Å²) in [6, 6.07) is 8.39. The fourth-order valence-corrected chi connectivity index (χ4v) is 1.98. The number of hydrogen-bond acceptors (Lipinski definition) is 7. The second kappa shape index (κ2) is 7.38. The van der Waals surface area contributed by atoms with E-state index in [1.807, 2.05) is 0 Å². The fourth-order valence-electron chi connectivity index (χ4n) is 1.66. The van der Waals surface area contributed by atoms with Crippen molar-refractivity contribution in [2.24, 2.45) is 0 Å². The summed E-state index contributed by atoms with van der Waals surface area (Å²) in [5.74, 6) is 0. The molecule has 0 saturated heterocycles. The van der Waals surface area contributed by atoms with E-state index in [2.05, 4.69) is 9.26 Å². The van der Waals surface area contributed by atoms with Crippen molar-refractivity contribution in [2.75, 3.05) is 13.2 Å². The van der Waals surface area contributed by atoms with Gasteiger partial charge in [0, 0.05) is 5.39 Å². The maximum atomic E-state index is 11.7. The molecule has 0 spiro atoms. The predicted octanol–water partition coefficient (Wildman–Crippen LogP) is 1.56. The standard InChI is InChI=1S/C13H13O9P/c14-12-10(7-9-3-1-2-4-11(9)22-12)8-20-13(15)19-5-6-21-23(16,17)18/h1-4,7H,5-6,8H2,(H2,16,17,18). The van der Waals surface area contributed by atoms with Crippen LogP contribution in [0.15, 0.2) is 39.5 Å². The Labute approximate surface area is 129 Å². The third-order valence-corrected chi connectivity index (χ3v) is 3.14. The Morgan fingerprint density at radius 3 is 2.65 bits per heavy atom. The van der Waals surface area contributed by atoms with Crippen LogP contribution in [0, 0.1) is 0 Å². The smallest absolute Gasteiger partial charge is 0.432 e. The first kappa shape index (κ1) is 17.2. The van der Waals surface area contributed by atoms with Gasteiger partial charge in [0.1, 0.15) is 18.8 Å². The lowest BCUT2D eigenvalue weighted by Gasteiger charge is -2.07. The van der Waals surface area contributed by atoms with Gasteiger partial charge in [0.15, 0.2) is 0 Å². The molecule has 0 atom stereocenters. The zero-order valence-electron chi connectivity index (χ0n) is 11.7. The number of fused-ring (bicyclic) bond motifs is 1. The Bertz CT molecular complexity index is 791. The van der Waals surface area contributed by atoms with E-state index in [1.165, 1.54) is 6.07 Å². The first-order chi connectivity index (χ1) is 10.8. The van der Waals surface area contributed by atoms with Crippen LogP contribution in [-0.2, 0) is 25.2 Å². The minimum Gasteiger partial charge on any atom is -0.432 e. The predicted molar refractivity (Wildman–Crippen MR) is 76.6 cm³/mol. The average Bonchev–Trinajstić information content (AvgIpc) is 2.48. The first-order valence-electron chi connectivity index (χ1n) is 6.36. The molecule has 0 aliphatic carbocycles. The fraction of sp³-hybridized carbons (Fsp3) is 0.231. The summed E-state index contributed by atoms with van der Waals surface area (Å²) < 4.78 is 28.8. The van der Waals surface area contributed by atoms with Crippen LogP contribution in [0.5, 0.6) is 0 Å². The van der Waals surface area contributed by atoms with Crippen LogP contribution in [0.2, 0.25) is 0 Å². The molecule has 2 N–H and O–H groups in total. The van der Waals surface area contributed by atoms with Gasteiger partial charge in [0.25, 0.3) is 0 Å². The van der Waals surface area contributed by atoms with Crippen molar-refractivity contribution in [3.05, 3.63) is 46.3 Å². The maximum Gasteiger partial charge on any atom is 0.508 e. The number of ether oxygens (including phenoxy) is 2. The van der Waals surface area contributed by atoms with Crippen molar-refractivity contribution >= 4 is 24.9 Å². The first-order valence-corrected chi connectivity index (χ1v) is 7.89. The molecule has 0 amide bonds. The molecule has 10 heteroatoms. The van der Waals surface area contributed by atoms with Gasteiger partial charge in [-0.3, -0.25) is 4.52 Å². The number of benzene rings is 1. The summed E-state index contributed by atoms with van der Waals surface area (Å²) in [5, 5.41) is 0.675. The van der Waals surface area contributed by atoms with Crippen molar-refractivity contribution in [3.8, 4) is 0 Å². The highest BCUT2D eigenvalue weighted by molar-refractivity contribution is 7.46.